The molecule has 5 heteroatoms. The Morgan fingerprint density at radius 3 is 2.33 bits per heavy atom. The smallest absolute Gasteiger partial charge is 0.0858 e. The van der Waals surface area contributed by atoms with Crippen molar-refractivity contribution in [1.82, 2.24) is 19.9 Å². The van der Waals surface area contributed by atoms with Gasteiger partial charge in [0.25, 0.3) is 0 Å². The molecular formula is C16H23N5. The molecule has 1 saturated heterocycles. The molecular weight excluding hydrogens is 262 g/mol. The average molecular weight is 285 g/mol. The Labute approximate surface area is 126 Å². The topological polar surface area (TPSA) is 46.0 Å². The summed E-state index contributed by atoms with van der Waals surface area (Å²) in [6.45, 7) is 4.71. The molecule has 1 unspecified atom stereocenters. The number of piperidine rings is 1. The van der Waals surface area contributed by atoms with Crippen molar-refractivity contribution in [2.45, 2.75) is 25.8 Å². The van der Waals surface area contributed by atoms with Gasteiger partial charge in [-0.3, -0.25) is 0 Å². The fourth-order valence-corrected chi connectivity index (χ4v) is 2.95. The third-order valence-corrected chi connectivity index (χ3v) is 4.38. The van der Waals surface area contributed by atoms with Crippen LogP contribution in [0.15, 0.2) is 36.7 Å². The molecule has 0 saturated carbocycles. The van der Waals surface area contributed by atoms with Crippen LogP contribution in [-0.4, -0.2) is 46.1 Å². The van der Waals surface area contributed by atoms with Gasteiger partial charge < -0.3 is 10.2 Å². The molecule has 1 fully saturated rings. The van der Waals surface area contributed by atoms with Crippen molar-refractivity contribution in [2.24, 2.45) is 5.92 Å². The van der Waals surface area contributed by atoms with Crippen LogP contribution in [0.2, 0.25) is 0 Å². The van der Waals surface area contributed by atoms with E-state index in [4.69, 9.17) is 0 Å². The van der Waals surface area contributed by atoms with Crippen molar-refractivity contribution < 1.29 is 0 Å². The summed E-state index contributed by atoms with van der Waals surface area (Å²) in [6.07, 6.45) is 5.93. The Kier molecular flexibility index (Phi) is 4.20. The van der Waals surface area contributed by atoms with Crippen molar-refractivity contribution in [1.29, 1.82) is 0 Å². The quantitative estimate of drug-likeness (QED) is 0.937. The maximum absolute atomic E-state index is 4.14. The molecule has 1 aromatic carbocycles. The molecule has 1 atom stereocenters. The van der Waals surface area contributed by atoms with Crippen LogP contribution in [-0.2, 0) is 0 Å². The van der Waals surface area contributed by atoms with Gasteiger partial charge in [-0.1, -0.05) is 0 Å². The minimum absolute atomic E-state index is 0.507. The molecule has 1 aromatic heterocycles. The normalized spacial score (nSPS) is 18.6. The van der Waals surface area contributed by atoms with Crippen LogP contribution in [0, 0.1) is 5.92 Å². The summed E-state index contributed by atoms with van der Waals surface area (Å²) in [4.78, 5) is 4.04. The molecule has 0 aliphatic carbocycles. The van der Waals surface area contributed by atoms with Crippen molar-refractivity contribution in [3.8, 4) is 5.69 Å². The van der Waals surface area contributed by atoms with Gasteiger partial charge in [-0.15, -0.1) is 0 Å². The number of likely N-dealkylation sites (tertiary alicyclic amines) is 1. The lowest BCUT2D eigenvalue weighted by Crippen LogP contribution is -2.37. The molecule has 0 bridgehead atoms. The summed E-state index contributed by atoms with van der Waals surface area (Å²) in [7, 11) is 2.20. The van der Waals surface area contributed by atoms with Gasteiger partial charge in [0, 0.05) is 11.7 Å². The monoisotopic (exact) mass is 285 g/mol. The highest BCUT2D eigenvalue weighted by atomic mass is 15.5. The highest BCUT2D eigenvalue weighted by Crippen LogP contribution is 2.23. The van der Waals surface area contributed by atoms with Gasteiger partial charge in [-0.05, 0) is 70.1 Å². The van der Waals surface area contributed by atoms with E-state index in [1.165, 1.54) is 25.9 Å². The molecule has 0 amide bonds. The zero-order chi connectivity index (χ0) is 14.7. The van der Waals surface area contributed by atoms with Crippen LogP contribution in [0.4, 0.5) is 5.69 Å². The SMILES string of the molecule is CC(Nc1ccc(-n2nccn2)cc1)C1CCN(C)CC1. The highest BCUT2D eigenvalue weighted by Gasteiger charge is 2.21. The van der Waals surface area contributed by atoms with Crippen LogP contribution in [0.25, 0.3) is 5.69 Å². The van der Waals surface area contributed by atoms with E-state index in [0.717, 1.165) is 17.3 Å². The molecule has 0 spiro atoms. The molecule has 1 aliphatic heterocycles. The third-order valence-electron chi connectivity index (χ3n) is 4.38. The number of hydrogen-bond donors (Lipinski definition) is 1. The Hall–Kier alpha value is -1.88. The van der Waals surface area contributed by atoms with Gasteiger partial charge in [0.05, 0.1) is 18.1 Å². The first-order chi connectivity index (χ1) is 10.2. The molecule has 112 valence electrons. The van der Waals surface area contributed by atoms with Crippen molar-refractivity contribution in [3.05, 3.63) is 36.7 Å². The predicted molar refractivity (Wildman–Crippen MR) is 84.7 cm³/mol. The molecule has 21 heavy (non-hydrogen) atoms. The number of benzene rings is 1. The fraction of sp³-hybridized carbons (Fsp3) is 0.500. The van der Waals surface area contributed by atoms with Gasteiger partial charge in [0.15, 0.2) is 0 Å². The van der Waals surface area contributed by atoms with Crippen LogP contribution in [0.3, 0.4) is 0 Å². The molecule has 1 aliphatic rings. The van der Waals surface area contributed by atoms with E-state index < -0.39 is 0 Å². The number of aromatic nitrogens is 3. The number of nitrogens with one attached hydrogen (secondary N) is 1. The molecule has 2 aromatic rings. The van der Waals surface area contributed by atoms with Crippen LogP contribution < -0.4 is 5.32 Å². The highest BCUT2D eigenvalue weighted by molar-refractivity contribution is 5.48. The van der Waals surface area contributed by atoms with Crippen molar-refractivity contribution >= 4 is 5.69 Å². The molecule has 3 rings (SSSR count). The van der Waals surface area contributed by atoms with E-state index in [2.05, 4.69) is 46.5 Å². The van der Waals surface area contributed by atoms with E-state index in [0.29, 0.717) is 6.04 Å². The average Bonchev–Trinajstić information content (AvgIpc) is 3.03. The van der Waals surface area contributed by atoms with Gasteiger partial charge in [-0.25, -0.2) is 0 Å². The molecule has 0 radical (unpaired) electrons. The molecule has 5 nitrogen and oxygen atoms in total. The zero-order valence-electron chi connectivity index (χ0n) is 12.7. The summed E-state index contributed by atoms with van der Waals surface area (Å²) in [5.74, 6) is 0.758. The number of nitrogens with zero attached hydrogens (tertiary/aromatic N) is 4. The van der Waals surface area contributed by atoms with E-state index in [9.17, 15) is 0 Å². The Morgan fingerprint density at radius 2 is 1.71 bits per heavy atom. The summed E-state index contributed by atoms with van der Waals surface area (Å²) in [5, 5.41) is 11.9. The minimum atomic E-state index is 0.507. The van der Waals surface area contributed by atoms with Crippen LogP contribution in [0.1, 0.15) is 19.8 Å². The maximum atomic E-state index is 4.14. The fourth-order valence-electron chi connectivity index (χ4n) is 2.95. The minimum Gasteiger partial charge on any atom is -0.382 e. The standard InChI is InChI=1S/C16H23N5/c1-13(14-7-11-20(2)12-8-14)19-15-3-5-16(6-4-15)21-17-9-10-18-21/h3-6,9-10,13-14,19H,7-8,11-12H2,1-2H3. The first-order valence-electron chi connectivity index (χ1n) is 7.64. The van der Waals surface area contributed by atoms with E-state index in [1.807, 2.05) is 12.1 Å². The van der Waals surface area contributed by atoms with Gasteiger partial charge in [0.1, 0.15) is 0 Å². The second kappa shape index (κ2) is 6.26. The number of hydrogen-bond acceptors (Lipinski definition) is 4. The molecule has 1 N–H and O–H groups in total. The summed E-state index contributed by atoms with van der Waals surface area (Å²) in [5.41, 5.74) is 2.15. The van der Waals surface area contributed by atoms with E-state index >= 15 is 0 Å². The molecule has 2 heterocycles. The van der Waals surface area contributed by atoms with E-state index in [-0.39, 0.29) is 0 Å². The number of rotatable bonds is 4. The lowest BCUT2D eigenvalue weighted by atomic mass is 9.90. The van der Waals surface area contributed by atoms with Crippen molar-refractivity contribution in [3.63, 3.8) is 0 Å². The third kappa shape index (κ3) is 3.42. The first-order valence-corrected chi connectivity index (χ1v) is 7.64. The van der Waals surface area contributed by atoms with Crippen LogP contribution >= 0.6 is 0 Å². The number of anilines is 1. The van der Waals surface area contributed by atoms with Gasteiger partial charge in [0.2, 0.25) is 0 Å². The summed E-state index contributed by atoms with van der Waals surface area (Å²) >= 11 is 0. The lowest BCUT2D eigenvalue weighted by Gasteiger charge is -2.33. The summed E-state index contributed by atoms with van der Waals surface area (Å²) < 4.78 is 0. The predicted octanol–water partition coefficient (Wildman–Crippen LogP) is 2.41. The van der Waals surface area contributed by atoms with Gasteiger partial charge in [-0.2, -0.15) is 15.0 Å². The maximum Gasteiger partial charge on any atom is 0.0858 e. The second-order valence-corrected chi connectivity index (χ2v) is 5.94. The first kappa shape index (κ1) is 14.1. The Morgan fingerprint density at radius 1 is 1.10 bits per heavy atom. The Balaban J connectivity index is 1.60. The Bertz CT molecular complexity index is 541. The zero-order valence-corrected chi connectivity index (χ0v) is 12.7. The van der Waals surface area contributed by atoms with E-state index in [1.54, 1.807) is 17.2 Å². The van der Waals surface area contributed by atoms with Crippen LogP contribution in [0.5, 0.6) is 0 Å². The largest absolute Gasteiger partial charge is 0.382 e. The van der Waals surface area contributed by atoms with Crippen molar-refractivity contribution in [2.75, 3.05) is 25.5 Å². The lowest BCUT2D eigenvalue weighted by molar-refractivity contribution is 0.208. The second-order valence-electron chi connectivity index (χ2n) is 5.94. The van der Waals surface area contributed by atoms with Gasteiger partial charge >= 0.3 is 0 Å². The summed E-state index contributed by atoms with van der Waals surface area (Å²) in [6, 6.07) is 8.80.